The molecule has 0 radical (unpaired) electrons. The lowest BCUT2D eigenvalue weighted by Crippen LogP contribution is -2.49. The highest BCUT2D eigenvalue weighted by Crippen LogP contribution is 2.25. The van der Waals surface area contributed by atoms with E-state index >= 15 is 0 Å². The lowest BCUT2D eigenvalue weighted by Gasteiger charge is -2.12. The van der Waals surface area contributed by atoms with Gasteiger partial charge in [0.25, 0.3) is 11.8 Å². The van der Waals surface area contributed by atoms with Crippen LogP contribution in [0.3, 0.4) is 0 Å². The lowest BCUT2D eigenvalue weighted by atomic mass is 10.1. The summed E-state index contributed by atoms with van der Waals surface area (Å²) in [6.07, 6.45) is 0. The number of halogens is 1. The van der Waals surface area contributed by atoms with Crippen LogP contribution in [0, 0.1) is 13.8 Å². The maximum Gasteiger partial charge on any atom is 0.276 e. The molecule has 29 heavy (non-hydrogen) atoms. The molecule has 0 saturated heterocycles. The zero-order valence-corrected chi connectivity index (χ0v) is 18.7. The minimum Gasteiger partial charge on any atom is -0.493 e. The average molecular weight is 480 g/mol. The highest BCUT2D eigenvalue weighted by atomic mass is 79.9. The first-order valence-electron chi connectivity index (χ1n) is 8.82. The highest BCUT2D eigenvalue weighted by Gasteiger charge is 2.11. The maximum atomic E-state index is 12.3. The van der Waals surface area contributed by atoms with Crippen molar-refractivity contribution in [2.75, 3.05) is 13.2 Å². The van der Waals surface area contributed by atoms with E-state index in [9.17, 15) is 9.59 Å². The maximum absolute atomic E-state index is 12.3. The van der Waals surface area contributed by atoms with Crippen LogP contribution in [0.2, 0.25) is 0 Å². The molecule has 3 N–H and O–H groups in total. The van der Waals surface area contributed by atoms with Crippen LogP contribution in [0.25, 0.3) is 0 Å². The number of carbonyl (C=O) groups is 2. The molecule has 0 spiro atoms. The largest absolute Gasteiger partial charge is 0.493 e. The number of hydrogen-bond donors (Lipinski definition) is 3. The molecule has 0 heterocycles. The van der Waals surface area contributed by atoms with E-state index in [2.05, 4.69) is 32.1 Å². The normalized spacial score (nSPS) is 10.1. The summed E-state index contributed by atoms with van der Waals surface area (Å²) in [5.41, 5.74) is 7.32. The van der Waals surface area contributed by atoms with Gasteiger partial charge >= 0.3 is 0 Å². The first-order valence-corrected chi connectivity index (χ1v) is 10.0. The molecule has 2 amide bonds. The molecule has 0 bridgehead atoms. The summed E-state index contributed by atoms with van der Waals surface area (Å²) in [7, 11) is 0. The smallest absolute Gasteiger partial charge is 0.276 e. The number of thiocarbonyl (C=S) groups is 1. The number of amides is 2. The van der Waals surface area contributed by atoms with Crippen LogP contribution < -0.4 is 25.6 Å². The van der Waals surface area contributed by atoms with E-state index in [1.807, 2.05) is 39.0 Å². The minimum atomic E-state index is -0.440. The van der Waals surface area contributed by atoms with Gasteiger partial charge in [0, 0.05) is 5.56 Å². The fourth-order valence-electron chi connectivity index (χ4n) is 2.45. The summed E-state index contributed by atoms with van der Waals surface area (Å²) in [4.78, 5) is 24.2. The van der Waals surface area contributed by atoms with E-state index < -0.39 is 11.8 Å². The van der Waals surface area contributed by atoms with Crippen LogP contribution in [0.5, 0.6) is 11.5 Å². The molecule has 0 unspecified atom stereocenters. The molecule has 0 fully saturated rings. The second kappa shape index (κ2) is 10.8. The Kier molecular flexibility index (Phi) is 8.41. The van der Waals surface area contributed by atoms with Gasteiger partial charge < -0.3 is 9.47 Å². The third-order valence-corrected chi connectivity index (χ3v) is 4.43. The van der Waals surface area contributed by atoms with Gasteiger partial charge in [-0.15, -0.1) is 0 Å². The topological polar surface area (TPSA) is 88.7 Å². The number of hydrazine groups is 1. The molecule has 0 aliphatic heterocycles. The van der Waals surface area contributed by atoms with Gasteiger partial charge in [0.05, 0.1) is 11.1 Å². The molecule has 7 nitrogen and oxygen atoms in total. The van der Waals surface area contributed by atoms with Gasteiger partial charge in [0.1, 0.15) is 11.5 Å². The second-order valence-electron chi connectivity index (χ2n) is 6.15. The lowest BCUT2D eigenvalue weighted by molar-refractivity contribution is -0.123. The predicted octanol–water partition coefficient (Wildman–Crippen LogP) is 3.18. The van der Waals surface area contributed by atoms with Crippen LogP contribution in [-0.2, 0) is 4.79 Å². The number of carbonyl (C=O) groups excluding carboxylic acids is 2. The Hall–Kier alpha value is -2.65. The second-order valence-corrected chi connectivity index (χ2v) is 7.41. The SMILES string of the molecule is CCOc1ccc(C(=O)NC(=S)NNC(=O)COc2cc(C)cc(C)c2)cc1Br. The van der Waals surface area contributed by atoms with Crippen LogP contribution >= 0.6 is 28.1 Å². The monoisotopic (exact) mass is 479 g/mol. The number of rotatable bonds is 6. The summed E-state index contributed by atoms with van der Waals surface area (Å²) in [6, 6.07) is 10.6. The molecule has 0 atom stereocenters. The number of ether oxygens (including phenoxy) is 2. The van der Waals surface area contributed by atoms with E-state index in [1.54, 1.807) is 18.2 Å². The van der Waals surface area contributed by atoms with Crippen molar-refractivity contribution in [2.24, 2.45) is 0 Å². The highest BCUT2D eigenvalue weighted by molar-refractivity contribution is 9.10. The summed E-state index contributed by atoms with van der Waals surface area (Å²) in [6.45, 7) is 6.10. The number of nitrogens with one attached hydrogen (secondary N) is 3. The first-order chi connectivity index (χ1) is 13.8. The van der Waals surface area contributed by atoms with Crippen LogP contribution in [-0.4, -0.2) is 30.1 Å². The molecule has 0 aliphatic rings. The molecule has 9 heteroatoms. The average Bonchev–Trinajstić information content (AvgIpc) is 2.65. The van der Waals surface area contributed by atoms with E-state index in [0.29, 0.717) is 28.1 Å². The molecule has 2 rings (SSSR count). The molecule has 2 aromatic rings. The Morgan fingerprint density at radius 2 is 1.72 bits per heavy atom. The molecule has 2 aromatic carbocycles. The number of benzene rings is 2. The van der Waals surface area contributed by atoms with Crippen molar-refractivity contribution in [3.8, 4) is 11.5 Å². The van der Waals surface area contributed by atoms with Crippen molar-refractivity contribution in [1.29, 1.82) is 0 Å². The fourth-order valence-corrected chi connectivity index (χ4v) is 3.09. The third-order valence-electron chi connectivity index (χ3n) is 3.60. The van der Waals surface area contributed by atoms with Gasteiger partial charge in [-0.25, -0.2) is 0 Å². The van der Waals surface area contributed by atoms with Crippen molar-refractivity contribution in [3.05, 3.63) is 57.6 Å². The summed E-state index contributed by atoms with van der Waals surface area (Å²) in [5.74, 6) is 0.381. The molecular formula is C20H22BrN3O4S. The fraction of sp³-hybridized carbons (Fsp3) is 0.250. The molecule has 0 aromatic heterocycles. The zero-order chi connectivity index (χ0) is 21.4. The molecule has 0 aliphatic carbocycles. The number of aryl methyl sites for hydroxylation is 2. The van der Waals surface area contributed by atoms with Gasteiger partial charge in [-0.1, -0.05) is 6.07 Å². The summed E-state index contributed by atoms with van der Waals surface area (Å²) in [5, 5.41) is 2.44. The van der Waals surface area contributed by atoms with Crippen molar-refractivity contribution in [1.82, 2.24) is 16.2 Å². The standard InChI is InChI=1S/C20H22BrN3O4S/c1-4-27-17-6-5-14(10-16(17)21)19(26)22-20(29)24-23-18(25)11-28-15-8-12(2)7-13(3)9-15/h5-10H,4,11H2,1-3H3,(H,23,25)(H2,22,24,26,29). The zero-order valence-electron chi connectivity index (χ0n) is 16.3. The third kappa shape index (κ3) is 7.35. The predicted molar refractivity (Wildman–Crippen MR) is 118 cm³/mol. The van der Waals surface area contributed by atoms with Gasteiger partial charge in [-0.05, 0) is 90.4 Å². The van der Waals surface area contributed by atoms with Crippen LogP contribution in [0.4, 0.5) is 0 Å². The Morgan fingerprint density at radius 1 is 1.03 bits per heavy atom. The molecular weight excluding hydrogens is 458 g/mol. The van der Waals surface area contributed by atoms with Gasteiger partial charge in [-0.2, -0.15) is 0 Å². The van der Waals surface area contributed by atoms with E-state index in [1.165, 1.54) is 0 Å². The van der Waals surface area contributed by atoms with E-state index in [4.69, 9.17) is 21.7 Å². The van der Waals surface area contributed by atoms with Crippen LogP contribution in [0.15, 0.2) is 40.9 Å². The first kappa shape index (κ1) is 22.6. The van der Waals surface area contributed by atoms with Gasteiger partial charge in [-0.3, -0.25) is 25.8 Å². The Labute approximate surface area is 183 Å². The molecule has 154 valence electrons. The van der Waals surface area contributed by atoms with Crippen molar-refractivity contribution >= 4 is 45.1 Å². The van der Waals surface area contributed by atoms with Crippen LogP contribution in [0.1, 0.15) is 28.4 Å². The van der Waals surface area contributed by atoms with E-state index in [-0.39, 0.29) is 11.7 Å². The van der Waals surface area contributed by atoms with Crippen molar-refractivity contribution in [2.45, 2.75) is 20.8 Å². The van der Waals surface area contributed by atoms with Crippen molar-refractivity contribution in [3.63, 3.8) is 0 Å². The van der Waals surface area contributed by atoms with E-state index in [0.717, 1.165) is 11.1 Å². The Balaban J connectivity index is 1.79. The van der Waals surface area contributed by atoms with Gasteiger partial charge in [0.15, 0.2) is 11.7 Å². The van der Waals surface area contributed by atoms with Crippen molar-refractivity contribution < 1.29 is 19.1 Å². The summed E-state index contributed by atoms with van der Waals surface area (Å²) < 4.78 is 11.5. The Morgan fingerprint density at radius 3 is 2.34 bits per heavy atom. The summed E-state index contributed by atoms with van der Waals surface area (Å²) >= 11 is 8.38. The number of hydrogen-bond acceptors (Lipinski definition) is 5. The molecule has 0 saturated carbocycles. The minimum absolute atomic E-state index is 0.0419. The quantitative estimate of drug-likeness (QED) is 0.435. The van der Waals surface area contributed by atoms with Gasteiger partial charge in [0.2, 0.25) is 0 Å². The Bertz CT molecular complexity index is 900.